The highest BCUT2D eigenvalue weighted by atomic mass is 35.5. The molecule has 0 radical (unpaired) electrons. The van der Waals surface area contributed by atoms with Gasteiger partial charge >= 0.3 is 0 Å². The molecule has 2 aliphatic heterocycles. The van der Waals surface area contributed by atoms with E-state index in [2.05, 4.69) is 10.6 Å². The van der Waals surface area contributed by atoms with Gasteiger partial charge in [0.05, 0.1) is 10.7 Å². The number of ether oxygens (including phenoxy) is 1. The van der Waals surface area contributed by atoms with E-state index in [-0.39, 0.29) is 46.6 Å². The van der Waals surface area contributed by atoms with Crippen LogP contribution in [0.15, 0.2) is 47.4 Å². The summed E-state index contributed by atoms with van der Waals surface area (Å²) in [5.41, 5.74) is 1.41. The highest BCUT2D eigenvalue weighted by molar-refractivity contribution is 7.89. The maximum absolute atomic E-state index is 13.4. The fourth-order valence-electron chi connectivity index (χ4n) is 3.97. The number of benzene rings is 2. The van der Waals surface area contributed by atoms with Crippen LogP contribution in [0.5, 0.6) is 5.75 Å². The van der Waals surface area contributed by atoms with E-state index in [1.807, 2.05) is 37.3 Å². The van der Waals surface area contributed by atoms with Gasteiger partial charge in [-0.25, -0.2) is 8.42 Å². The predicted molar refractivity (Wildman–Crippen MR) is 120 cm³/mol. The Morgan fingerprint density at radius 1 is 1.31 bits per heavy atom. The number of carbonyl (C=O) groups excluding carboxylic acids is 2. The first-order valence-electron chi connectivity index (χ1n) is 10.4. The molecule has 170 valence electrons. The first kappa shape index (κ1) is 22.6. The number of carbonyl (C=O) groups is 2. The summed E-state index contributed by atoms with van der Waals surface area (Å²) in [4.78, 5) is 24.2. The number of anilines is 1. The third-order valence-corrected chi connectivity index (χ3v) is 8.08. The van der Waals surface area contributed by atoms with Gasteiger partial charge in [-0.1, -0.05) is 48.9 Å². The maximum atomic E-state index is 13.4. The maximum Gasteiger partial charge on any atom is 0.262 e. The topological polar surface area (TPSA) is 105 Å². The SMILES string of the molecule is C[C@H](CNC(=O)[C@H]1CCCN1S(=O)(=O)c1cc2c(cc1Cl)NC(=O)CO2)c1ccccc1. The molecule has 2 N–H and O–H groups in total. The first-order valence-corrected chi connectivity index (χ1v) is 12.2. The molecule has 10 heteroatoms. The van der Waals surface area contributed by atoms with Crippen molar-refractivity contribution in [3.05, 3.63) is 53.1 Å². The van der Waals surface area contributed by atoms with Gasteiger partial charge in [-0.15, -0.1) is 0 Å². The molecule has 2 heterocycles. The van der Waals surface area contributed by atoms with Gasteiger partial charge in [0.2, 0.25) is 15.9 Å². The highest BCUT2D eigenvalue weighted by Crippen LogP contribution is 2.38. The van der Waals surface area contributed by atoms with Crippen molar-refractivity contribution in [1.82, 2.24) is 9.62 Å². The predicted octanol–water partition coefficient (Wildman–Crippen LogP) is 2.74. The Balaban J connectivity index is 1.51. The lowest BCUT2D eigenvalue weighted by molar-refractivity contribution is -0.124. The van der Waals surface area contributed by atoms with Gasteiger partial charge in [-0.2, -0.15) is 4.31 Å². The molecular formula is C22H24ClN3O5S. The summed E-state index contributed by atoms with van der Waals surface area (Å²) in [5.74, 6) is -0.352. The second-order valence-corrected chi connectivity index (χ2v) is 10.2. The van der Waals surface area contributed by atoms with Crippen LogP contribution in [0, 0.1) is 0 Å². The number of nitrogens with zero attached hydrogens (tertiary/aromatic N) is 1. The van der Waals surface area contributed by atoms with E-state index in [9.17, 15) is 18.0 Å². The molecule has 8 nitrogen and oxygen atoms in total. The number of rotatable bonds is 6. The van der Waals surface area contributed by atoms with Crippen LogP contribution >= 0.6 is 11.6 Å². The molecule has 2 aliphatic rings. The lowest BCUT2D eigenvalue weighted by Crippen LogP contribution is -2.46. The first-order chi connectivity index (χ1) is 15.3. The van der Waals surface area contributed by atoms with Crippen LogP contribution in [0.25, 0.3) is 0 Å². The molecule has 1 fully saturated rings. The molecule has 1 saturated heterocycles. The van der Waals surface area contributed by atoms with Crippen LogP contribution in [-0.4, -0.2) is 50.3 Å². The summed E-state index contributed by atoms with van der Waals surface area (Å²) in [6, 6.07) is 11.6. The summed E-state index contributed by atoms with van der Waals surface area (Å²) in [7, 11) is -4.05. The number of nitrogens with one attached hydrogen (secondary N) is 2. The van der Waals surface area contributed by atoms with Crippen molar-refractivity contribution in [2.24, 2.45) is 0 Å². The van der Waals surface area contributed by atoms with Gasteiger partial charge in [0, 0.05) is 19.2 Å². The summed E-state index contributed by atoms with van der Waals surface area (Å²) in [6.07, 6.45) is 1.00. The zero-order valence-corrected chi connectivity index (χ0v) is 19.1. The molecule has 0 spiro atoms. The molecule has 0 saturated carbocycles. The van der Waals surface area contributed by atoms with Gasteiger partial charge in [0.1, 0.15) is 16.7 Å². The van der Waals surface area contributed by atoms with Crippen molar-refractivity contribution in [3.8, 4) is 5.75 Å². The summed E-state index contributed by atoms with van der Waals surface area (Å²) in [5, 5.41) is 5.45. The Kier molecular flexibility index (Phi) is 6.41. The Morgan fingerprint density at radius 3 is 2.81 bits per heavy atom. The molecule has 2 aromatic carbocycles. The van der Waals surface area contributed by atoms with Crippen molar-refractivity contribution < 1.29 is 22.7 Å². The zero-order valence-electron chi connectivity index (χ0n) is 17.5. The Hall–Kier alpha value is -2.62. The number of sulfonamides is 1. The monoisotopic (exact) mass is 477 g/mol. The van der Waals surface area contributed by atoms with Crippen LogP contribution < -0.4 is 15.4 Å². The fourth-order valence-corrected chi connectivity index (χ4v) is 6.14. The van der Waals surface area contributed by atoms with E-state index in [0.29, 0.717) is 25.1 Å². The van der Waals surface area contributed by atoms with E-state index >= 15 is 0 Å². The van der Waals surface area contributed by atoms with Gasteiger partial charge in [-0.05, 0) is 30.4 Å². The molecule has 2 amide bonds. The van der Waals surface area contributed by atoms with Crippen LogP contribution in [0.1, 0.15) is 31.2 Å². The quantitative estimate of drug-likeness (QED) is 0.665. The Bertz CT molecular complexity index is 1140. The number of hydrogen-bond acceptors (Lipinski definition) is 5. The molecule has 0 aromatic heterocycles. The normalized spacial score (nSPS) is 19.6. The lowest BCUT2D eigenvalue weighted by atomic mass is 10.0. The summed E-state index contributed by atoms with van der Waals surface area (Å²) >= 11 is 6.26. The van der Waals surface area contributed by atoms with E-state index in [4.69, 9.17) is 16.3 Å². The molecule has 32 heavy (non-hydrogen) atoms. The van der Waals surface area contributed by atoms with E-state index < -0.39 is 16.1 Å². The van der Waals surface area contributed by atoms with Crippen molar-refractivity contribution in [2.75, 3.05) is 25.0 Å². The molecule has 2 aromatic rings. The Morgan fingerprint density at radius 2 is 2.06 bits per heavy atom. The summed E-state index contributed by atoms with van der Waals surface area (Å²) in [6.45, 7) is 2.42. The van der Waals surface area contributed by atoms with E-state index in [1.165, 1.54) is 16.4 Å². The second-order valence-electron chi connectivity index (χ2n) is 7.95. The molecule has 4 rings (SSSR count). The van der Waals surface area contributed by atoms with Crippen LogP contribution in [0.4, 0.5) is 5.69 Å². The Labute approximate surface area is 191 Å². The van der Waals surface area contributed by atoms with Gasteiger partial charge in [0.15, 0.2) is 6.61 Å². The minimum Gasteiger partial charge on any atom is -0.482 e. The lowest BCUT2D eigenvalue weighted by Gasteiger charge is -2.26. The number of halogens is 1. The van der Waals surface area contributed by atoms with Gasteiger partial charge in [0.25, 0.3) is 5.91 Å². The minimum absolute atomic E-state index is 0.0432. The molecule has 0 aliphatic carbocycles. The average molecular weight is 478 g/mol. The largest absolute Gasteiger partial charge is 0.482 e. The van der Waals surface area contributed by atoms with Crippen molar-refractivity contribution in [2.45, 2.75) is 36.6 Å². The molecule has 0 bridgehead atoms. The van der Waals surface area contributed by atoms with Crippen LogP contribution in [0.3, 0.4) is 0 Å². The third kappa shape index (κ3) is 4.46. The van der Waals surface area contributed by atoms with E-state index in [0.717, 1.165) is 5.56 Å². The van der Waals surface area contributed by atoms with Crippen LogP contribution in [0.2, 0.25) is 5.02 Å². The van der Waals surface area contributed by atoms with Crippen molar-refractivity contribution >= 4 is 39.1 Å². The zero-order chi connectivity index (χ0) is 22.9. The molecule has 2 atom stereocenters. The van der Waals surface area contributed by atoms with Crippen molar-refractivity contribution in [3.63, 3.8) is 0 Å². The highest BCUT2D eigenvalue weighted by Gasteiger charge is 2.41. The average Bonchev–Trinajstić information content (AvgIpc) is 3.28. The summed E-state index contributed by atoms with van der Waals surface area (Å²) < 4.78 is 33.3. The molecule has 0 unspecified atom stereocenters. The van der Waals surface area contributed by atoms with E-state index in [1.54, 1.807) is 0 Å². The van der Waals surface area contributed by atoms with Gasteiger partial charge in [-0.3, -0.25) is 9.59 Å². The smallest absolute Gasteiger partial charge is 0.262 e. The number of hydrogen-bond donors (Lipinski definition) is 2. The fraction of sp³-hybridized carbons (Fsp3) is 0.364. The standard InChI is InChI=1S/C22H24ClN3O5S/c1-14(15-6-3-2-4-7-15)12-24-22(28)18-8-5-9-26(18)32(29,30)20-11-19-17(10-16(20)23)25-21(27)13-31-19/h2-4,6-7,10-11,14,18H,5,8-9,12-13H2,1H3,(H,24,28)(H,25,27)/t14-,18-/m1/s1. The number of fused-ring (bicyclic) bond motifs is 1. The minimum atomic E-state index is -4.05. The van der Waals surface area contributed by atoms with Crippen LogP contribution in [-0.2, 0) is 19.6 Å². The van der Waals surface area contributed by atoms with Gasteiger partial charge < -0.3 is 15.4 Å². The second kappa shape index (κ2) is 9.09. The molecular weight excluding hydrogens is 454 g/mol. The van der Waals surface area contributed by atoms with Crippen molar-refractivity contribution in [1.29, 1.82) is 0 Å². The third-order valence-electron chi connectivity index (χ3n) is 5.71. The number of amides is 2.